The summed E-state index contributed by atoms with van der Waals surface area (Å²) in [5, 5.41) is 13.8. The van der Waals surface area contributed by atoms with E-state index in [0.717, 1.165) is 34.7 Å². The van der Waals surface area contributed by atoms with Gasteiger partial charge in [-0.1, -0.05) is 6.07 Å². The van der Waals surface area contributed by atoms with Crippen LogP contribution >= 0.6 is 0 Å². The summed E-state index contributed by atoms with van der Waals surface area (Å²) in [6, 6.07) is 7.08. The van der Waals surface area contributed by atoms with Gasteiger partial charge in [-0.2, -0.15) is 0 Å². The van der Waals surface area contributed by atoms with E-state index in [1.807, 2.05) is 36.7 Å². The number of hydrogen-bond acceptors (Lipinski definition) is 6. The van der Waals surface area contributed by atoms with Gasteiger partial charge in [0.1, 0.15) is 17.8 Å². The van der Waals surface area contributed by atoms with Crippen LogP contribution in [0.25, 0.3) is 11.0 Å². The van der Waals surface area contributed by atoms with Crippen molar-refractivity contribution in [3.8, 4) is 0 Å². The van der Waals surface area contributed by atoms with Gasteiger partial charge < -0.3 is 15.6 Å². The lowest BCUT2D eigenvalue weighted by Gasteiger charge is -2.09. The van der Waals surface area contributed by atoms with E-state index in [-0.39, 0.29) is 23.6 Å². The lowest BCUT2D eigenvalue weighted by atomic mass is 10.2. The molecular weight excluding hydrogens is 324 g/mol. The fourth-order valence-corrected chi connectivity index (χ4v) is 2.56. The van der Waals surface area contributed by atoms with E-state index in [2.05, 4.69) is 15.3 Å². The SMILES string of the molecule is Cc1ccc2c(c1)nc(CNc1ncc([N+](=O)[O-])cc1C(N)=O)n2C. The molecule has 9 nitrogen and oxygen atoms in total. The predicted molar refractivity (Wildman–Crippen MR) is 92.2 cm³/mol. The third-order valence-corrected chi connectivity index (χ3v) is 3.89. The molecule has 0 aliphatic heterocycles. The van der Waals surface area contributed by atoms with Crippen molar-refractivity contribution in [2.75, 3.05) is 5.32 Å². The summed E-state index contributed by atoms with van der Waals surface area (Å²) < 4.78 is 1.93. The third kappa shape index (κ3) is 3.11. The van der Waals surface area contributed by atoms with Crippen molar-refractivity contribution in [3.05, 3.63) is 57.5 Å². The topological polar surface area (TPSA) is 129 Å². The highest BCUT2D eigenvalue weighted by molar-refractivity contribution is 5.98. The Morgan fingerprint density at radius 3 is 2.84 bits per heavy atom. The molecular formula is C16H16N6O3. The number of nitrogens with one attached hydrogen (secondary N) is 1. The van der Waals surface area contributed by atoms with Crippen LogP contribution in [0.15, 0.2) is 30.5 Å². The molecule has 0 saturated carbocycles. The quantitative estimate of drug-likeness (QED) is 0.539. The van der Waals surface area contributed by atoms with Crippen molar-refractivity contribution >= 4 is 28.4 Å². The van der Waals surface area contributed by atoms with Gasteiger partial charge >= 0.3 is 0 Å². The number of carbonyl (C=O) groups excluding carboxylic acids is 1. The number of primary amides is 1. The first-order chi connectivity index (χ1) is 11.9. The van der Waals surface area contributed by atoms with Crippen molar-refractivity contribution in [3.63, 3.8) is 0 Å². The molecule has 0 radical (unpaired) electrons. The van der Waals surface area contributed by atoms with Crippen LogP contribution in [-0.4, -0.2) is 25.4 Å². The minimum atomic E-state index is -0.792. The number of carbonyl (C=O) groups is 1. The van der Waals surface area contributed by atoms with Crippen molar-refractivity contribution < 1.29 is 9.72 Å². The summed E-state index contributed by atoms with van der Waals surface area (Å²) in [6.07, 6.45) is 1.08. The van der Waals surface area contributed by atoms with Crippen LogP contribution in [0.4, 0.5) is 11.5 Å². The van der Waals surface area contributed by atoms with Crippen molar-refractivity contribution in [2.24, 2.45) is 12.8 Å². The van der Waals surface area contributed by atoms with Crippen molar-refractivity contribution in [1.82, 2.24) is 14.5 Å². The maximum absolute atomic E-state index is 11.6. The Morgan fingerprint density at radius 2 is 2.16 bits per heavy atom. The first-order valence-corrected chi connectivity index (χ1v) is 7.47. The van der Waals surface area contributed by atoms with Crippen LogP contribution in [0.1, 0.15) is 21.7 Å². The van der Waals surface area contributed by atoms with E-state index in [1.54, 1.807) is 0 Å². The Balaban J connectivity index is 1.90. The highest BCUT2D eigenvalue weighted by Crippen LogP contribution is 2.21. The van der Waals surface area contributed by atoms with Crippen molar-refractivity contribution in [1.29, 1.82) is 0 Å². The minimum Gasteiger partial charge on any atom is -0.365 e. The summed E-state index contributed by atoms with van der Waals surface area (Å²) in [7, 11) is 1.89. The molecule has 0 aliphatic carbocycles. The van der Waals surface area contributed by atoms with Gasteiger partial charge in [-0.25, -0.2) is 9.97 Å². The van der Waals surface area contributed by atoms with E-state index < -0.39 is 10.8 Å². The summed E-state index contributed by atoms with van der Waals surface area (Å²) >= 11 is 0. The Bertz CT molecular complexity index is 995. The molecule has 2 heterocycles. The highest BCUT2D eigenvalue weighted by Gasteiger charge is 2.17. The van der Waals surface area contributed by atoms with Crippen LogP contribution < -0.4 is 11.1 Å². The minimum absolute atomic E-state index is 0.0381. The summed E-state index contributed by atoms with van der Waals surface area (Å²) in [4.78, 5) is 30.2. The van der Waals surface area contributed by atoms with Crippen molar-refractivity contribution in [2.45, 2.75) is 13.5 Å². The Hall–Kier alpha value is -3.49. The number of nitrogens with zero attached hydrogens (tertiary/aromatic N) is 4. The van der Waals surface area contributed by atoms with E-state index in [4.69, 9.17) is 5.73 Å². The van der Waals surface area contributed by atoms with Crippen LogP contribution in [0.3, 0.4) is 0 Å². The first kappa shape index (κ1) is 16.4. The van der Waals surface area contributed by atoms with Gasteiger partial charge in [-0.15, -0.1) is 0 Å². The normalized spacial score (nSPS) is 10.8. The summed E-state index contributed by atoms with van der Waals surface area (Å²) in [6.45, 7) is 2.28. The molecule has 0 aliphatic rings. The monoisotopic (exact) mass is 340 g/mol. The van der Waals surface area contributed by atoms with Crippen LogP contribution in [-0.2, 0) is 13.6 Å². The molecule has 2 aromatic heterocycles. The average molecular weight is 340 g/mol. The van der Waals surface area contributed by atoms with E-state index in [0.29, 0.717) is 0 Å². The number of aromatic nitrogens is 3. The molecule has 1 aromatic carbocycles. The van der Waals surface area contributed by atoms with Gasteiger partial charge in [-0.3, -0.25) is 14.9 Å². The zero-order valence-corrected chi connectivity index (χ0v) is 13.7. The molecule has 0 bridgehead atoms. The highest BCUT2D eigenvalue weighted by atomic mass is 16.6. The second-order valence-electron chi connectivity index (χ2n) is 5.64. The number of pyridine rings is 1. The number of rotatable bonds is 5. The Labute approximate surface area is 142 Å². The van der Waals surface area contributed by atoms with E-state index in [9.17, 15) is 14.9 Å². The molecule has 0 saturated heterocycles. The first-order valence-electron chi connectivity index (χ1n) is 7.47. The summed E-state index contributed by atoms with van der Waals surface area (Å²) in [5.74, 6) is 0.122. The van der Waals surface area contributed by atoms with Gasteiger partial charge in [0.15, 0.2) is 0 Å². The second-order valence-corrected chi connectivity index (χ2v) is 5.64. The lowest BCUT2D eigenvalue weighted by molar-refractivity contribution is -0.385. The zero-order valence-electron chi connectivity index (χ0n) is 13.7. The van der Waals surface area contributed by atoms with Crippen LogP contribution in [0.2, 0.25) is 0 Å². The number of amides is 1. The molecule has 0 atom stereocenters. The molecule has 3 rings (SSSR count). The fraction of sp³-hybridized carbons (Fsp3) is 0.188. The lowest BCUT2D eigenvalue weighted by Crippen LogP contribution is -2.16. The predicted octanol–water partition coefficient (Wildman–Crippen LogP) is 1.90. The van der Waals surface area contributed by atoms with Gasteiger partial charge in [0.05, 0.1) is 28.1 Å². The maximum Gasteiger partial charge on any atom is 0.288 e. The number of nitrogens with two attached hydrogens (primary N) is 1. The fourth-order valence-electron chi connectivity index (χ4n) is 2.56. The molecule has 9 heteroatoms. The van der Waals surface area contributed by atoms with Gasteiger partial charge in [0.2, 0.25) is 0 Å². The summed E-state index contributed by atoms with van der Waals surface area (Å²) in [5.41, 5.74) is 7.92. The van der Waals surface area contributed by atoms with Crippen LogP contribution in [0.5, 0.6) is 0 Å². The average Bonchev–Trinajstić information content (AvgIpc) is 2.87. The number of imidazole rings is 1. The number of benzene rings is 1. The standard InChI is InChI=1S/C16H16N6O3/c1-9-3-4-13-12(5-9)20-14(21(13)2)8-19-16-11(15(17)23)6-10(7-18-16)22(24)25/h3-7H,8H2,1-2H3,(H2,17,23)(H,18,19). The maximum atomic E-state index is 11.6. The van der Waals surface area contributed by atoms with E-state index >= 15 is 0 Å². The number of nitro groups is 1. The van der Waals surface area contributed by atoms with Gasteiger partial charge in [0.25, 0.3) is 11.6 Å². The third-order valence-electron chi connectivity index (χ3n) is 3.89. The van der Waals surface area contributed by atoms with Crippen LogP contribution in [0, 0.1) is 17.0 Å². The Kier molecular flexibility index (Phi) is 4.05. The molecule has 25 heavy (non-hydrogen) atoms. The number of aryl methyl sites for hydroxylation is 2. The zero-order chi connectivity index (χ0) is 18.1. The number of hydrogen-bond donors (Lipinski definition) is 2. The second kappa shape index (κ2) is 6.19. The van der Waals surface area contributed by atoms with Gasteiger partial charge in [0, 0.05) is 13.1 Å². The number of fused-ring (bicyclic) bond motifs is 1. The molecule has 0 unspecified atom stereocenters. The van der Waals surface area contributed by atoms with E-state index in [1.165, 1.54) is 0 Å². The molecule has 3 aromatic rings. The van der Waals surface area contributed by atoms with Gasteiger partial charge in [-0.05, 0) is 24.6 Å². The Morgan fingerprint density at radius 1 is 1.40 bits per heavy atom. The molecule has 0 fully saturated rings. The molecule has 3 N–H and O–H groups in total. The molecule has 1 amide bonds. The smallest absolute Gasteiger partial charge is 0.288 e. The largest absolute Gasteiger partial charge is 0.365 e. The molecule has 0 spiro atoms. The molecule has 128 valence electrons. The number of anilines is 1.